The minimum Gasteiger partial charge on any atom is -0.247 e. The van der Waals surface area contributed by atoms with Gasteiger partial charge in [-0.3, -0.25) is 0 Å². The summed E-state index contributed by atoms with van der Waals surface area (Å²) in [5.41, 5.74) is 0. The van der Waals surface area contributed by atoms with E-state index in [1.807, 2.05) is 31.4 Å². The molecule has 0 heterocycles. The fourth-order valence-electron chi connectivity index (χ4n) is 0.611. The highest BCUT2D eigenvalue weighted by molar-refractivity contribution is 8.01. The molecular formula is C11H18N2S. The van der Waals surface area contributed by atoms with Crippen molar-refractivity contribution in [1.82, 2.24) is 4.83 Å². The van der Waals surface area contributed by atoms with Crippen LogP contribution in [0.1, 0.15) is 20.8 Å². The van der Waals surface area contributed by atoms with Gasteiger partial charge in [0.15, 0.2) is 0 Å². The van der Waals surface area contributed by atoms with E-state index in [4.69, 9.17) is 0 Å². The van der Waals surface area contributed by atoms with E-state index in [1.54, 1.807) is 6.08 Å². The molecule has 3 heteroatoms. The van der Waals surface area contributed by atoms with Crippen LogP contribution in [-0.2, 0) is 0 Å². The molecule has 0 aromatic rings. The van der Waals surface area contributed by atoms with Gasteiger partial charge in [-0.15, -0.1) is 0 Å². The van der Waals surface area contributed by atoms with Crippen LogP contribution in [0, 0.1) is 5.92 Å². The highest BCUT2D eigenvalue weighted by Gasteiger charge is 1.89. The summed E-state index contributed by atoms with van der Waals surface area (Å²) in [6, 6.07) is 0. The van der Waals surface area contributed by atoms with Gasteiger partial charge in [0, 0.05) is 23.1 Å². The predicted octanol–water partition coefficient (Wildman–Crippen LogP) is 3.51. The molecule has 0 aliphatic carbocycles. The average molecular weight is 210 g/mol. The lowest BCUT2D eigenvalue weighted by atomic mass is 10.3. The maximum Gasteiger partial charge on any atom is 0.0278 e. The van der Waals surface area contributed by atoms with Gasteiger partial charge >= 0.3 is 0 Å². The van der Waals surface area contributed by atoms with Gasteiger partial charge in [-0.2, -0.15) is 5.10 Å². The molecule has 0 spiro atoms. The molecule has 78 valence electrons. The van der Waals surface area contributed by atoms with E-state index in [9.17, 15) is 0 Å². The molecule has 0 atom stereocenters. The summed E-state index contributed by atoms with van der Waals surface area (Å²) in [7, 11) is 0. The molecule has 0 bridgehead atoms. The molecular weight excluding hydrogens is 192 g/mol. The second kappa shape index (κ2) is 8.63. The first-order valence-electron chi connectivity index (χ1n) is 4.61. The summed E-state index contributed by atoms with van der Waals surface area (Å²) < 4.78 is 0. The highest BCUT2D eigenvalue weighted by Crippen LogP contribution is 2.12. The van der Waals surface area contributed by atoms with Crippen molar-refractivity contribution < 1.29 is 0 Å². The highest BCUT2D eigenvalue weighted by atomic mass is 32.2. The van der Waals surface area contributed by atoms with E-state index in [-0.39, 0.29) is 0 Å². The van der Waals surface area contributed by atoms with Crippen LogP contribution in [-0.4, -0.2) is 6.21 Å². The molecule has 1 N–H and O–H groups in total. The Labute approximate surface area is 91.0 Å². The Morgan fingerprint density at radius 2 is 2.21 bits per heavy atom. The van der Waals surface area contributed by atoms with Crippen LogP contribution >= 0.6 is 11.9 Å². The third kappa shape index (κ3) is 7.68. The number of allylic oxidation sites excluding steroid dienone is 4. The summed E-state index contributed by atoms with van der Waals surface area (Å²) in [5.74, 6) is 0.473. The van der Waals surface area contributed by atoms with E-state index >= 15 is 0 Å². The van der Waals surface area contributed by atoms with Crippen LogP contribution in [0.3, 0.4) is 0 Å². The maximum absolute atomic E-state index is 4.05. The monoisotopic (exact) mass is 210 g/mol. The van der Waals surface area contributed by atoms with E-state index in [0.29, 0.717) is 5.92 Å². The van der Waals surface area contributed by atoms with Crippen LogP contribution < -0.4 is 4.83 Å². The summed E-state index contributed by atoms with van der Waals surface area (Å²) in [6.07, 6.45) is 9.52. The Morgan fingerprint density at radius 1 is 1.50 bits per heavy atom. The summed E-state index contributed by atoms with van der Waals surface area (Å²) in [5, 5.41) is 4.05. The minimum atomic E-state index is 0.473. The molecule has 0 aromatic heterocycles. The van der Waals surface area contributed by atoms with Gasteiger partial charge in [-0.05, 0) is 18.9 Å². The Bertz CT molecular complexity index is 240. The Morgan fingerprint density at radius 3 is 2.71 bits per heavy atom. The first-order valence-corrected chi connectivity index (χ1v) is 5.42. The number of hydrazone groups is 1. The molecule has 0 unspecified atom stereocenters. The van der Waals surface area contributed by atoms with E-state index in [0.717, 1.165) is 4.91 Å². The Balaban J connectivity index is 3.86. The second-order valence-electron chi connectivity index (χ2n) is 3.00. The van der Waals surface area contributed by atoms with Crippen molar-refractivity contribution >= 4 is 18.2 Å². The quantitative estimate of drug-likeness (QED) is 0.314. The smallest absolute Gasteiger partial charge is 0.0278 e. The molecule has 0 aliphatic heterocycles. The van der Waals surface area contributed by atoms with E-state index in [2.05, 4.69) is 30.4 Å². The third-order valence-electron chi connectivity index (χ3n) is 1.27. The van der Waals surface area contributed by atoms with Crippen molar-refractivity contribution in [3.05, 3.63) is 35.8 Å². The van der Waals surface area contributed by atoms with Gasteiger partial charge in [-0.25, -0.2) is 4.83 Å². The number of nitrogens with zero attached hydrogens (tertiary/aromatic N) is 1. The lowest BCUT2D eigenvalue weighted by Gasteiger charge is -1.99. The summed E-state index contributed by atoms with van der Waals surface area (Å²) in [6.45, 7) is 9.78. The molecule has 2 nitrogen and oxygen atoms in total. The van der Waals surface area contributed by atoms with E-state index < -0.39 is 0 Å². The van der Waals surface area contributed by atoms with Crippen molar-refractivity contribution in [3.8, 4) is 0 Å². The lowest BCUT2D eigenvalue weighted by Crippen LogP contribution is -1.96. The largest absolute Gasteiger partial charge is 0.247 e. The SMILES string of the molecule is C=C/C=C\C(=C/C)SN/N=C/C(C)C. The molecule has 0 saturated carbocycles. The molecule has 0 aliphatic rings. The van der Waals surface area contributed by atoms with E-state index in [1.165, 1.54) is 11.9 Å². The van der Waals surface area contributed by atoms with Gasteiger partial charge in [0.05, 0.1) is 0 Å². The number of nitrogens with one attached hydrogen (secondary N) is 1. The topological polar surface area (TPSA) is 24.4 Å². The molecule has 0 aromatic carbocycles. The first-order chi connectivity index (χ1) is 6.70. The standard InChI is InChI=1S/C11H18N2S/c1-5-7-8-11(6-2)14-13-12-9-10(3)4/h5-10,13H,1H2,2-4H3/b8-7-,11-6+,12-9+. The molecule has 14 heavy (non-hydrogen) atoms. The maximum atomic E-state index is 4.05. The van der Waals surface area contributed by atoms with Gasteiger partial charge in [-0.1, -0.05) is 38.7 Å². The molecule has 0 rings (SSSR count). The van der Waals surface area contributed by atoms with Gasteiger partial charge in [0.2, 0.25) is 0 Å². The van der Waals surface area contributed by atoms with Crippen molar-refractivity contribution in [2.24, 2.45) is 11.0 Å². The van der Waals surface area contributed by atoms with Crippen LogP contribution in [0.2, 0.25) is 0 Å². The Hall–Kier alpha value is -0.960. The fraction of sp³-hybridized carbons (Fsp3) is 0.364. The van der Waals surface area contributed by atoms with Crippen molar-refractivity contribution in [1.29, 1.82) is 0 Å². The second-order valence-corrected chi connectivity index (χ2v) is 3.86. The fourth-order valence-corrected chi connectivity index (χ4v) is 1.09. The van der Waals surface area contributed by atoms with Gasteiger partial charge < -0.3 is 0 Å². The van der Waals surface area contributed by atoms with Crippen molar-refractivity contribution in [2.75, 3.05) is 0 Å². The average Bonchev–Trinajstić information content (AvgIpc) is 2.16. The third-order valence-corrected chi connectivity index (χ3v) is 2.07. The van der Waals surface area contributed by atoms with Crippen LogP contribution in [0.5, 0.6) is 0 Å². The zero-order valence-electron chi connectivity index (χ0n) is 9.03. The minimum absolute atomic E-state index is 0.473. The number of hydrogen-bond acceptors (Lipinski definition) is 3. The molecule has 0 saturated heterocycles. The Kier molecular flexibility index (Phi) is 8.04. The van der Waals surface area contributed by atoms with Crippen molar-refractivity contribution in [2.45, 2.75) is 20.8 Å². The van der Waals surface area contributed by atoms with Crippen LogP contribution in [0.15, 0.2) is 40.9 Å². The molecule has 0 radical (unpaired) electrons. The zero-order chi connectivity index (χ0) is 10.8. The first kappa shape index (κ1) is 13.0. The number of rotatable bonds is 6. The summed E-state index contributed by atoms with van der Waals surface area (Å²) >= 11 is 1.48. The van der Waals surface area contributed by atoms with Crippen molar-refractivity contribution in [3.63, 3.8) is 0 Å². The summed E-state index contributed by atoms with van der Waals surface area (Å²) in [4.78, 5) is 4.03. The van der Waals surface area contributed by atoms with Crippen LogP contribution in [0.25, 0.3) is 0 Å². The van der Waals surface area contributed by atoms with Crippen LogP contribution in [0.4, 0.5) is 0 Å². The predicted molar refractivity (Wildman–Crippen MR) is 67.2 cm³/mol. The van der Waals surface area contributed by atoms with Gasteiger partial charge in [0.25, 0.3) is 0 Å². The lowest BCUT2D eigenvalue weighted by molar-refractivity contribution is 0.893. The normalized spacial score (nSPS) is 13.0. The molecule has 0 amide bonds. The zero-order valence-corrected chi connectivity index (χ0v) is 9.84. The molecule has 0 fully saturated rings. The number of hydrogen-bond donors (Lipinski definition) is 1. The van der Waals surface area contributed by atoms with Gasteiger partial charge in [0.1, 0.15) is 0 Å².